The molecule has 1 aromatic carbocycles. The Morgan fingerprint density at radius 1 is 1.13 bits per heavy atom. The fraction of sp³-hybridized carbons (Fsp3) is 0.111. The summed E-state index contributed by atoms with van der Waals surface area (Å²) >= 11 is 0. The van der Waals surface area contributed by atoms with Gasteiger partial charge in [0.2, 0.25) is 0 Å². The van der Waals surface area contributed by atoms with Gasteiger partial charge in [0.1, 0.15) is 0 Å². The van der Waals surface area contributed by atoms with Crippen molar-refractivity contribution in [3.05, 3.63) is 67.9 Å². The first-order chi connectivity index (χ1) is 7.29. The summed E-state index contributed by atoms with van der Waals surface area (Å²) in [6.45, 7) is 0. The average Bonchev–Trinajstić information content (AvgIpc) is 2.67. The number of benzene rings is 1. The smallest absolute Gasteiger partial charge is 0.00208 e. The number of rotatable bonds is 0. The molecule has 1 N–H and O–H groups in total. The van der Waals surface area contributed by atoms with Crippen molar-refractivity contribution < 1.29 is 0 Å². The van der Waals surface area contributed by atoms with Gasteiger partial charge in [0, 0.05) is 0 Å². The molecule has 6 nitrogen and oxygen atoms in total. The van der Waals surface area contributed by atoms with Crippen molar-refractivity contribution in [3.63, 3.8) is 0 Å². The second kappa shape index (κ2) is 8.19. The largest absolute Gasteiger partial charge is 0.373 e. The maximum atomic E-state index is 6.86. The van der Waals surface area contributed by atoms with Gasteiger partial charge in [-0.2, -0.15) is 0 Å². The fourth-order valence-electron chi connectivity index (χ4n) is 1.20. The number of hydrogen-bond donors (Lipinski definition) is 1. The molecular weight excluding hydrogens is 192 g/mol. The van der Waals surface area contributed by atoms with Crippen molar-refractivity contribution in [1.29, 1.82) is 5.53 Å². The highest BCUT2D eigenvalue weighted by Crippen LogP contribution is 2.17. The number of hydrogen-bond acceptors (Lipinski definition) is 1. The van der Waals surface area contributed by atoms with E-state index < -0.39 is 0 Å². The summed E-state index contributed by atoms with van der Waals surface area (Å²) in [4.78, 5) is 3.25. The van der Waals surface area contributed by atoms with Crippen molar-refractivity contribution in [2.24, 2.45) is 0 Å². The van der Waals surface area contributed by atoms with Crippen LogP contribution in [0.4, 0.5) is 0 Å². The van der Waals surface area contributed by atoms with Gasteiger partial charge >= 0.3 is 0 Å². The molecule has 0 fully saturated rings. The van der Waals surface area contributed by atoms with E-state index in [0.717, 1.165) is 6.42 Å². The zero-order chi connectivity index (χ0) is 11.5. The lowest BCUT2D eigenvalue weighted by molar-refractivity contribution is 1.31. The summed E-state index contributed by atoms with van der Waals surface area (Å²) in [5.74, 6) is 0. The van der Waals surface area contributed by atoms with Gasteiger partial charge in [-0.05, 0) is 28.0 Å². The molecule has 1 aliphatic rings. The van der Waals surface area contributed by atoms with E-state index in [-0.39, 0.29) is 0 Å². The number of allylic oxidation sites excluding steroid dienone is 1. The first-order valence-electron chi connectivity index (χ1n) is 4.03. The molecular formula is C9H9N6-. The first kappa shape index (κ1) is 12.6. The van der Waals surface area contributed by atoms with Crippen LogP contribution in [0.3, 0.4) is 0 Å². The van der Waals surface area contributed by atoms with Gasteiger partial charge in [-0.25, -0.2) is 0 Å². The van der Waals surface area contributed by atoms with Crippen LogP contribution in [0.25, 0.3) is 32.5 Å². The first-order valence-corrected chi connectivity index (χ1v) is 4.03. The minimum atomic E-state index is 1.12. The Bertz CT molecular complexity index is 385. The van der Waals surface area contributed by atoms with E-state index >= 15 is 0 Å². The molecule has 2 rings (SSSR count). The molecule has 1 aliphatic carbocycles. The van der Waals surface area contributed by atoms with E-state index in [1.807, 2.05) is 0 Å². The van der Waals surface area contributed by atoms with E-state index in [1.54, 1.807) is 4.91 Å². The van der Waals surface area contributed by atoms with E-state index in [4.69, 9.17) is 22.1 Å². The lowest BCUT2D eigenvalue weighted by Crippen LogP contribution is -1.76. The predicted octanol–water partition coefficient (Wildman–Crippen LogP) is 4.00. The molecule has 0 unspecified atom stereocenters. The van der Waals surface area contributed by atoms with Gasteiger partial charge in [-0.1, -0.05) is 36.4 Å². The molecule has 76 valence electrons. The van der Waals surface area contributed by atoms with Crippen LogP contribution in [-0.4, -0.2) is 0 Å². The van der Waals surface area contributed by atoms with Crippen molar-refractivity contribution in [2.45, 2.75) is 6.42 Å². The van der Waals surface area contributed by atoms with Gasteiger partial charge in [-0.3, -0.25) is 4.91 Å². The highest BCUT2D eigenvalue weighted by molar-refractivity contribution is 5.59. The molecule has 6 heteroatoms. The van der Waals surface area contributed by atoms with Crippen LogP contribution in [0.1, 0.15) is 11.1 Å². The Morgan fingerprint density at radius 2 is 1.67 bits per heavy atom. The second-order valence-corrected chi connectivity index (χ2v) is 2.49. The third-order valence-corrected chi connectivity index (χ3v) is 1.69. The number of fused-ring (bicyclic) bond motifs is 1. The monoisotopic (exact) mass is 201 g/mol. The Kier molecular flexibility index (Phi) is 6.87. The van der Waals surface area contributed by atoms with Crippen molar-refractivity contribution in [1.82, 2.24) is 0 Å². The van der Waals surface area contributed by atoms with Gasteiger partial charge in [-0.15, -0.1) is 5.53 Å². The normalized spacial score (nSPS) is 9.33. The molecule has 15 heavy (non-hydrogen) atoms. The summed E-state index contributed by atoms with van der Waals surface area (Å²) in [6, 6.07) is 8.49. The third kappa shape index (κ3) is 5.00. The van der Waals surface area contributed by atoms with Gasteiger partial charge in [0.25, 0.3) is 0 Å². The molecule has 1 aromatic rings. The number of nitrogens with one attached hydrogen (secondary N) is 1. The standard InChI is InChI=1S/C9H8.HN3.N3/c1-2-5-9-7-3-6-8(9)4-1;2*1-3-2/h1-6H,7H2;1H;/q;;-1. The Hall–Kier alpha value is -2.42. The van der Waals surface area contributed by atoms with Crippen LogP contribution in [0.15, 0.2) is 30.3 Å². The molecule has 0 atom stereocenters. The Balaban J connectivity index is 0.000000280. The van der Waals surface area contributed by atoms with E-state index in [9.17, 15) is 0 Å². The van der Waals surface area contributed by atoms with Gasteiger partial charge in [0.15, 0.2) is 0 Å². The van der Waals surface area contributed by atoms with Crippen LogP contribution < -0.4 is 0 Å². The van der Waals surface area contributed by atoms with Crippen molar-refractivity contribution in [2.75, 3.05) is 0 Å². The molecule has 0 radical (unpaired) electrons. The molecule has 0 bridgehead atoms. The lowest BCUT2D eigenvalue weighted by atomic mass is 10.1. The second-order valence-electron chi connectivity index (χ2n) is 2.49. The molecule has 0 spiro atoms. The Labute approximate surface area is 86.7 Å². The van der Waals surface area contributed by atoms with Crippen molar-refractivity contribution >= 4 is 6.08 Å². The zero-order valence-electron chi connectivity index (χ0n) is 7.91. The minimum Gasteiger partial charge on any atom is -0.373 e. The highest BCUT2D eigenvalue weighted by atomic mass is 15.0. The molecule has 0 amide bonds. The van der Waals surface area contributed by atoms with Crippen LogP contribution in [0, 0.1) is 5.53 Å². The van der Waals surface area contributed by atoms with Crippen molar-refractivity contribution in [3.8, 4) is 0 Å². The average molecular weight is 201 g/mol. The highest BCUT2D eigenvalue weighted by Gasteiger charge is 2.00. The topological polar surface area (TPSA) is 119 Å². The summed E-state index contributed by atoms with van der Waals surface area (Å²) < 4.78 is 0. The van der Waals surface area contributed by atoms with Gasteiger partial charge in [0.05, 0.1) is 0 Å². The van der Waals surface area contributed by atoms with E-state index in [2.05, 4.69) is 36.4 Å². The summed E-state index contributed by atoms with van der Waals surface area (Å²) in [6.07, 6.45) is 5.50. The quantitative estimate of drug-likeness (QED) is 0.370. The fourth-order valence-corrected chi connectivity index (χ4v) is 1.20. The molecule has 0 saturated carbocycles. The molecule has 0 aromatic heterocycles. The van der Waals surface area contributed by atoms with E-state index in [0.29, 0.717) is 0 Å². The maximum Gasteiger partial charge on any atom is -0.00208 e. The molecule has 0 heterocycles. The van der Waals surface area contributed by atoms with Crippen LogP contribution >= 0.6 is 0 Å². The van der Waals surface area contributed by atoms with Crippen LogP contribution in [-0.2, 0) is 6.42 Å². The summed E-state index contributed by atoms with van der Waals surface area (Å²) in [5.41, 5.74) is 28.6. The Morgan fingerprint density at radius 3 is 2.20 bits per heavy atom. The molecule has 0 aliphatic heterocycles. The predicted molar refractivity (Wildman–Crippen MR) is 58.7 cm³/mol. The zero-order valence-corrected chi connectivity index (χ0v) is 7.91. The minimum absolute atomic E-state index is 1.12. The third-order valence-electron chi connectivity index (χ3n) is 1.69. The van der Waals surface area contributed by atoms with Gasteiger partial charge < -0.3 is 11.1 Å². The SMILES string of the molecule is C1=Cc2ccccc2C1.[N-]=[N+]=N.[N-]=[N+]=[N-]. The molecule has 0 saturated heterocycles. The summed E-state index contributed by atoms with van der Waals surface area (Å²) in [7, 11) is 0. The lowest BCUT2D eigenvalue weighted by Gasteiger charge is -1.93. The maximum absolute atomic E-state index is 6.86. The summed E-state index contributed by atoms with van der Waals surface area (Å²) in [5, 5.41) is 0. The van der Waals surface area contributed by atoms with E-state index in [1.165, 1.54) is 16.0 Å². The van der Waals surface area contributed by atoms with Crippen LogP contribution in [0.5, 0.6) is 0 Å². The van der Waals surface area contributed by atoms with Crippen LogP contribution in [0.2, 0.25) is 0 Å². The number of nitrogens with zero attached hydrogens (tertiary/aromatic N) is 5.